The van der Waals surface area contributed by atoms with Gasteiger partial charge in [-0.25, -0.2) is 0 Å². The maximum atomic E-state index is 2.67. The highest BCUT2D eigenvalue weighted by atomic mass is 32.1. The topological polar surface area (TPSA) is 6.48 Å². The first-order chi connectivity index (χ1) is 31.3. The zero-order chi connectivity index (χ0) is 44.6. The van der Waals surface area contributed by atoms with Gasteiger partial charge in [-0.15, -0.1) is 11.3 Å². The summed E-state index contributed by atoms with van der Waals surface area (Å²) in [5.74, 6) is 0. The summed E-state index contributed by atoms with van der Waals surface area (Å²) in [6, 6.07) is 62.7. The van der Waals surface area contributed by atoms with Crippen LogP contribution in [0.1, 0.15) is 83.6 Å². The number of para-hydroxylation sites is 1. The van der Waals surface area contributed by atoms with Crippen molar-refractivity contribution < 1.29 is 0 Å². The number of hydrogen-bond donors (Lipinski definition) is 0. The van der Waals surface area contributed by atoms with Crippen molar-refractivity contribution in [2.24, 2.45) is 0 Å². The Morgan fingerprint density at radius 3 is 1.75 bits per heavy atom. The van der Waals surface area contributed by atoms with Crippen molar-refractivity contribution in [3.8, 4) is 22.3 Å². The maximum Gasteiger partial charge on any atom is 0.252 e. The Kier molecular flexibility index (Phi) is 8.85. The summed E-state index contributed by atoms with van der Waals surface area (Å²) in [6.07, 6.45) is 2.33. The van der Waals surface area contributed by atoms with E-state index in [9.17, 15) is 0 Å². The van der Waals surface area contributed by atoms with E-state index in [2.05, 4.69) is 229 Å². The molecule has 0 unspecified atom stereocenters. The highest BCUT2D eigenvalue weighted by molar-refractivity contribution is 7.26. The molecule has 2 nitrogen and oxygen atoms in total. The van der Waals surface area contributed by atoms with E-state index in [4.69, 9.17) is 0 Å². The summed E-state index contributed by atoms with van der Waals surface area (Å²) in [7, 11) is 0. The minimum atomic E-state index is 0.00103. The van der Waals surface area contributed by atoms with Crippen molar-refractivity contribution >= 4 is 88.7 Å². The van der Waals surface area contributed by atoms with Crippen molar-refractivity contribution in [3.05, 3.63) is 186 Å². The molecule has 318 valence electrons. The molecule has 0 spiro atoms. The smallest absolute Gasteiger partial charge is 0.252 e. The van der Waals surface area contributed by atoms with Gasteiger partial charge in [0.05, 0.1) is 5.69 Å². The summed E-state index contributed by atoms with van der Waals surface area (Å²) >= 11 is 1.92. The highest BCUT2D eigenvalue weighted by Crippen LogP contribution is 2.53. The van der Waals surface area contributed by atoms with E-state index in [0.717, 1.165) is 6.42 Å². The number of anilines is 6. The van der Waals surface area contributed by atoms with Crippen molar-refractivity contribution in [1.82, 2.24) is 0 Å². The second-order valence-electron chi connectivity index (χ2n) is 21.3. The van der Waals surface area contributed by atoms with Gasteiger partial charge in [0.2, 0.25) is 0 Å². The van der Waals surface area contributed by atoms with Gasteiger partial charge < -0.3 is 9.80 Å². The Bertz CT molecular complexity index is 3390. The van der Waals surface area contributed by atoms with Crippen LogP contribution in [0, 0.1) is 6.92 Å². The lowest BCUT2D eigenvalue weighted by Gasteiger charge is -2.48. The van der Waals surface area contributed by atoms with Crippen molar-refractivity contribution in [3.63, 3.8) is 0 Å². The number of benzene rings is 8. The van der Waals surface area contributed by atoms with Crippen LogP contribution in [0.5, 0.6) is 0 Å². The van der Waals surface area contributed by atoms with Crippen LogP contribution >= 0.6 is 11.3 Å². The number of rotatable bonds is 4. The van der Waals surface area contributed by atoms with E-state index in [-0.39, 0.29) is 23.0 Å². The van der Waals surface area contributed by atoms with Crippen molar-refractivity contribution in [2.45, 2.75) is 84.5 Å². The predicted octanol–water partition coefficient (Wildman–Crippen LogP) is 15.4. The number of aryl methyl sites for hydroxylation is 1. The molecule has 3 heterocycles. The lowest BCUT2D eigenvalue weighted by molar-refractivity contribution is 0.332. The van der Waals surface area contributed by atoms with E-state index in [1.54, 1.807) is 0 Å². The molecule has 12 rings (SSSR count). The van der Waals surface area contributed by atoms with E-state index < -0.39 is 0 Å². The van der Waals surface area contributed by atoms with E-state index in [0.29, 0.717) is 0 Å². The molecule has 1 aliphatic carbocycles. The molecule has 3 aliphatic rings. The molecule has 0 saturated heterocycles. The van der Waals surface area contributed by atoms with Crippen LogP contribution in [0.2, 0.25) is 0 Å². The summed E-state index contributed by atoms with van der Waals surface area (Å²) in [5.41, 5.74) is 22.2. The van der Waals surface area contributed by atoms with Crippen LogP contribution in [-0.4, -0.2) is 6.71 Å². The van der Waals surface area contributed by atoms with Crippen molar-refractivity contribution in [1.29, 1.82) is 0 Å². The molecule has 0 bridgehead atoms. The first-order valence-corrected chi connectivity index (χ1v) is 24.3. The fourth-order valence-corrected chi connectivity index (χ4v) is 12.6. The molecule has 8 aromatic carbocycles. The summed E-state index contributed by atoms with van der Waals surface area (Å²) in [6.45, 7) is 19.2. The second-order valence-corrected chi connectivity index (χ2v) is 22.3. The minimum absolute atomic E-state index is 0.00103. The molecule has 0 amide bonds. The Morgan fingerprint density at radius 2 is 1.06 bits per heavy atom. The average Bonchev–Trinajstić information content (AvgIpc) is 3.67. The fraction of sp³-hybridized carbons (Fsp3) is 0.213. The van der Waals surface area contributed by atoms with E-state index in [1.807, 2.05) is 11.3 Å². The van der Waals surface area contributed by atoms with Crippen LogP contribution in [0.25, 0.3) is 42.4 Å². The van der Waals surface area contributed by atoms with Gasteiger partial charge in [-0.1, -0.05) is 164 Å². The average molecular weight is 859 g/mol. The lowest BCUT2D eigenvalue weighted by Crippen LogP contribution is -2.62. The van der Waals surface area contributed by atoms with Crippen molar-refractivity contribution in [2.75, 3.05) is 9.80 Å². The quantitative estimate of drug-likeness (QED) is 0.163. The van der Waals surface area contributed by atoms with Gasteiger partial charge in [-0.05, 0) is 140 Å². The Hall–Kier alpha value is -6.36. The molecule has 0 radical (unpaired) electrons. The minimum Gasteiger partial charge on any atom is -0.311 e. The van der Waals surface area contributed by atoms with Gasteiger partial charge in [0.1, 0.15) is 0 Å². The molecular formula is C61H55BN2S. The summed E-state index contributed by atoms with van der Waals surface area (Å²) < 4.78 is 2.66. The monoisotopic (exact) mass is 858 g/mol. The molecule has 1 aromatic heterocycles. The molecule has 0 atom stereocenters. The summed E-state index contributed by atoms with van der Waals surface area (Å²) in [4.78, 5) is 5.30. The second kappa shape index (κ2) is 14.3. The fourth-order valence-electron chi connectivity index (χ4n) is 11.5. The van der Waals surface area contributed by atoms with Crippen LogP contribution < -0.4 is 26.2 Å². The van der Waals surface area contributed by atoms with E-state index >= 15 is 0 Å². The van der Waals surface area contributed by atoms with Gasteiger partial charge >= 0.3 is 0 Å². The first kappa shape index (κ1) is 40.2. The van der Waals surface area contributed by atoms with Crippen LogP contribution in [-0.2, 0) is 16.2 Å². The third-order valence-corrected chi connectivity index (χ3v) is 16.3. The van der Waals surface area contributed by atoms with E-state index in [1.165, 1.54) is 122 Å². The van der Waals surface area contributed by atoms with Gasteiger partial charge in [0.15, 0.2) is 0 Å². The number of thiophene rings is 1. The van der Waals surface area contributed by atoms with Crippen LogP contribution in [0.15, 0.2) is 164 Å². The highest BCUT2D eigenvalue weighted by Gasteiger charge is 2.47. The standard InChI is InChI=1S/C61H55BN2S/c1-38-31-42(59(2,3)4)27-28-50(38)63-53-36-47-46(60(5,6)29-30-61(47,7)8)35-48(53)62-49-37-57-45(44-24-16-18-26-56(44)65-57)34-52(49)64(51-25-17-15-23-43(51)40-21-13-10-14-22-40)55-33-41(32-54(63)58(55)62)39-19-11-9-12-20-39/h9-28,31-37H,29-30H2,1-8H3. The predicted molar refractivity (Wildman–Crippen MR) is 283 cm³/mol. The normalized spacial score (nSPS) is 15.7. The molecular weight excluding hydrogens is 804 g/mol. The number of fused-ring (bicyclic) bond motifs is 8. The molecule has 4 heteroatoms. The third-order valence-electron chi connectivity index (χ3n) is 15.2. The van der Waals surface area contributed by atoms with Gasteiger partial charge in [0.25, 0.3) is 6.71 Å². The number of nitrogens with zero attached hydrogens (tertiary/aromatic N) is 2. The van der Waals surface area contributed by atoms with Crippen LogP contribution in [0.4, 0.5) is 34.1 Å². The molecule has 0 saturated carbocycles. The van der Waals surface area contributed by atoms with Crippen LogP contribution in [0.3, 0.4) is 0 Å². The molecule has 0 fully saturated rings. The molecule has 2 aliphatic heterocycles. The first-order valence-electron chi connectivity index (χ1n) is 23.5. The Morgan fingerprint density at radius 1 is 0.477 bits per heavy atom. The number of hydrogen-bond acceptors (Lipinski definition) is 3. The molecule has 9 aromatic rings. The zero-order valence-electron chi connectivity index (χ0n) is 38.9. The third kappa shape index (κ3) is 6.20. The maximum absolute atomic E-state index is 2.67. The lowest BCUT2D eigenvalue weighted by atomic mass is 9.33. The van der Waals surface area contributed by atoms with Gasteiger partial charge in [0, 0.05) is 54.2 Å². The largest absolute Gasteiger partial charge is 0.311 e. The zero-order valence-corrected chi connectivity index (χ0v) is 39.7. The Labute approximate surface area is 389 Å². The summed E-state index contributed by atoms with van der Waals surface area (Å²) in [5, 5.41) is 2.63. The molecule has 0 N–H and O–H groups in total. The van der Waals surface area contributed by atoms with Gasteiger partial charge in [-0.3, -0.25) is 0 Å². The molecule has 65 heavy (non-hydrogen) atoms. The Balaban J connectivity index is 1.26. The van der Waals surface area contributed by atoms with Gasteiger partial charge in [-0.2, -0.15) is 0 Å². The SMILES string of the molecule is Cc1cc(C(C)(C)C)ccc1N1c2cc3c(cc2B2c4cc5sc6ccccc6c5cc4N(c4ccccc4-c4ccccc4)c4cc(-c5ccccc5)cc1c42)C(C)(C)CCC3(C)C.